The Morgan fingerprint density at radius 3 is 2.04 bits per heavy atom. The molecule has 3 aromatic rings. The van der Waals surface area contributed by atoms with Crippen molar-refractivity contribution in [2.45, 2.75) is 12.0 Å². The van der Waals surface area contributed by atoms with Gasteiger partial charge in [0.1, 0.15) is 17.6 Å². The Morgan fingerprint density at radius 1 is 0.857 bits per heavy atom. The Morgan fingerprint density at radius 2 is 1.43 bits per heavy atom. The predicted octanol–water partition coefficient (Wildman–Crippen LogP) is 4.53. The zero-order chi connectivity index (χ0) is 19.8. The number of hydrogen-bond acceptors (Lipinski definition) is 2. The molecule has 0 saturated carbocycles. The summed E-state index contributed by atoms with van der Waals surface area (Å²) >= 11 is 0. The average Bonchev–Trinajstić information content (AvgIpc) is 2.69. The van der Waals surface area contributed by atoms with Crippen LogP contribution in [-0.2, 0) is 4.79 Å². The maximum atomic E-state index is 13.5. The summed E-state index contributed by atoms with van der Waals surface area (Å²) in [7, 11) is 0. The molecular weight excluding hydrogens is 364 g/mol. The van der Waals surface area contributed by atoms with Gasteiger partial charge in [0, 0.05) is 11.3 Å². The molecule has 4 rings (SSSR count). The van der Waals surface area contributed by atoms with Gasteiger partial charge in [0.15, 0.2) is 0 Å². The Labute approximate surface area is 159 Å². The van der Waals surface area contributed by atoms with Crippen molar-refractivity contribution < 1.29 is 23.5 Å². The van der Waals surface area contributed by atoms with Crippen LogP contribution in [0.2, 0.25) is 0 Å². The molecule has 1 heterocycles. The van der Waals surface area contributed by atoms with Crippen molar-refractivity contribution >= 4 is 17.6 Å². The number of carbonyl (C=O) groups excluding carboxylic acids is 1. The molecule has 28 heavy (non-hydrogen) atoms. The Kier molecular flexibility index (Phi) is 4.39. The highest BCUT2D eigenvalue weighted by Crippen LogP contribution is 2.45. The van der Waals surface area contributed by atoms with Crippen molar-refractivity contribution in [1.82, 2.24) is 0 Å². The highest BCUT2D eigenvalue weighted by molar-refractivity contribution is 6.10. The number of aliphatic carboxylic acids is 1. The minimum Gasteiger partial charge on any atom is -0.481 e. The summed E-state index contributed by atoms with van der Waals surface area (Å²) < 4.78 is 26.9. The number of carboxylic acids is 1. The van der Waals surface area contributed by atoms with Crippen LogP contribution < -0.4 is 4.90 Å². The second kappa shape index (κ2) is 6.88. The van der Waals surface area contributed by atoms with E-state index >= 15 is 0 Å². The SMILES string of the molecule is O=C(O)C1c2ccccc2C(=O)N(c2ccc(F)cc2)C1c1ccc(F)cc1. The number of nitrogens with zero attached hydrogens (tertiary/aromatic N) is 1. The van der Waals surface area contributed by atoms with E-state index in [1.54, 1.807) is 24.3 Å². The molecule has 0 aliphatic carbocycles. The minimum absolute atomic E-state index is 0.276. The van der Waals surface area contributed by atoms with Crippen LogP contribution in [-0.4, -0.2) is 17.0 Å². The molecule has 2 unspecified atom stereocenters. The zero-order valence-electron chi connectivity index (χ0n) is 14.5. The third kappa shape index (κ3) is 2.93. The molecule has 1 aliphatic heterocycles. The molecule has 0 fully saturated rings. The maximum absolute atomic E-state index is 13.5. The van der Waals surface area contributed by atoms with Gasteiger partial charge in [-0.25, -0.2) is 8.78 Å². The van der Waals surface area contributed by atoms with Crippen molar-refractivity contribution in [2.24, 2.45) is 0 Å². The van der Waals surface area contributed by atoms with Crippen LogP contribution in [0.25, 0.3) is 0 Å². The molecular formula is C22H15F2NO3. The lowest BCUT2D eigenvalue weighted by atomic mass is 9.79. The zero-order valence-corrected chi connectivity index (χ0v) is 14.5. The summed E-state index contributed by atoms with van der Waals surface area (Å²) in [5.41, 5.74) is 1.51. The van der Waals surface area contributed by atoms with Gasteiger partial charge in [-0.1, -0.05) is 30.3 Å². The van der Waals surface area contributed by atoms with Gasteiger partial charge in [0.05, 0.1) is 6.04 Å². The summed E-state index contributed by atoms with van der Waals surface area (Å²) in [6.07, 6.45) is 0. The van der Waals surface area contributed by atoms with E-state index in [9.17, 15) is 23.5 Å². The van der Waals surface area contributed by atoms with Crippen molar-refractivity contribution in [3.63, 3.8) is 0 Å². The van der Waals surface area contributed by atoms with Crippen molar-refractivity contribution in [3.05, 3.63) is 101 Å². The van der Waals surface area contributed by atoms with Crippen LogP contribution in [0.1, 0.15) is 33.4 Å². The van der Waals surface area contributed by atoms with E-state index in [1.165, 1.54) is 53.4 Å². The largest absolute Gasteiger partial charge is 0.481 e. The fourth-order valence-electron chi connectivity index (χ4n) is 3.69. The minimum atomic E-state index is -1.11. The van der Waals surface area contributed by atoms with Gasteiger partial charge in [-0.3, -0.25) is 14.5 Å². The quantitative estimate of drug-likeness (QED) is 0.727. The van der Waals surface area contributed by atoms with E-state index in [-0.39, 0.29) is 5.56 Å². The number of benzene rings is 3. The molecule has 1 amide bonds. The number of carbonyl (C=O) groups is 2. The Hall–Kier alpha value is -3.54. The highest BCUT2D eigenvalue weighted by atomic mass is 19.1. The normalized spacial score (nSPS) is 18.6. The first-order valence-electron chi connectivity index (χ1n) is 8.63. The van der Waals surface area contributed by atoms with Gasteiger partial charge in [-0.15, -0.1) is 0 Å². The van der Waals surface area contributed by atoms with E-state index in [0.29, 0.717) is 16.8 Å². The summed E-state index contributed by atoms with van der Waals surface area (Å²) in [6.45, 7) is 0. The second-order valence-electron chi connectivity index (χ2n) is 6.55. The molecule has 1 aliphatic rings. The first-order chi connectivity index (χ1) is 13.5. The number of hydrogen-bond donors (Lipinski definition) is 1. The third-order valence-corrected chi connectivity index (χ3v) is 4.92. The van der Waals surface area contributed by atoms with Crippen molar-refractivity contribution in [3.8, 4) is 0 Å². The molecule has 6 heteroatoms. The number of fused-ring (bicyclic) bond motifs is 1. The second-order valence-corrected chi connectivity index (χ2v) is 6.55. The summed E-state index contributed by atoms with van der Waals surface area (Å²) in [4.78, 5) is 26.9. The molecule has 140 valence electrons. The van der Waals surface area contributed by atoms with Gasteiger partial charge >= 0.3 is 5.97 Å². The van der Waals surface area contributed by atoms with E-state index in [2.05, 4.69) is 0 Å². The fourth-order valence-corrected chi connectivity index (χ4v) is 3.69. The summed E-state index contributed by atoms with van der Waals surface area (Å²) in [5.74, 6) is -3.51. The first kappa shape index (κ1) is 17.9. The van der Waals surface area contributed by atoms with E-state index < -0.39 is 35.5 Å². The summed E-state index contributed by atoms with van der Waals surface area (Å²) in [5, 5.41) is 9.99. The van der Waals surface area contributed by atoms with Gasteiger partial charge in [-0.2, -0.15) is 0 Å². The van der Waals surface area contributed by atoms with Gasteiger partial charge < -0.3 is 5.11 Å². The average molecular weight is 379 g/mol. The molecule has 0 radical (unpaired) electrons. The summed E-state index contributed by atoms with van der Waals surface area (Å²) in [6, 6.07) is 16.3. The van der Waals surface area contributed by atoms with Crippen LogP contribution >= 0.6 is 0 Å². The van der Waals surface area contributed by atoms with Crippen LogP contribution in [0.15, 0.2) is 72.8 Å². The molecule has 3 aromatic carbocycles. The monoisotopic (exact) mass is 379 g/mol. The van der Waals surface area contributed by atoms with Gasteiger partial charge in [0.25, 0.3) is 5.91 Å². The number of rotatable bonds is 3. The molecule has 0 aromatic heterocycles. The number of anilines is 1. The standard InChI is InChI=1S/C22H15F2NO3/c23-14-7-5-13(6-8-14)20-19(22(27)28)17-3-1-2-4-18(17)21(26)25(20)16-11-9-15(24)10-12-16/h1-12,19-20H,(H,27,28). The molecule has 0 spiro atoms. The molecule has 0 saturated heterocycles. The lowest BCUT2D eigenvalue weighted by molar-refractivity contribution is -0.139. The maximum Gasteiger partial charge on any atom is 0.313 e. The smallest absolute Gasteiger partial charge is 0.313 e. The fraction of sp³-hybridized carbons (Fsp3) is 0.0909. The molecule has 4 nitrogen and oxygen atoms in total. The lowest BCUT2D eigenvalue weighted by Gasteiger charge is -2.40. The van der Waals surface area contributed by atoms with E-state index in [1.807, 2.05) is 0 Å². The predicted molar refractivity (Wildman–Crippen MR) is 99.2 cm³/mol. The van der Waals surface area contributed by atoms with Crippen molar-refractivity contribution in [1.29, 1.82) is 0 Å². The first-order valence-corrected chi connectivity index (χ1v) is 8.63. The van der Waals surface area contributed by atoms with E-state index in [4.69, 9.17) is 0 Å². The van der Waals surface area contributed by atoms with Crippen LogP contribution in [0.5, 0.6) is 0 Å². The lowest BCUT2D eigenvalue weighted by Crippen LogP contribution is -2.45. The van der Waals surface area contributed by atoms with E-state index in [0.717, 1.165) is 0 Å². The van der Waals surface area contributed by atoms with Crippen molar-refractivity contribution in [2.75, 3.05) is 4.90 Å². The van der Waals surface area contributed by atoms with Crippen LogP contribution in [0, 0.1) is 11.6 Å². The number of amides is 1. The third-order valence-electron chi connectivity index (χ3n) is 4.92. The van der Waals surface area contributed by atoms with Gasteiger partial charge in [-0.05, 0) is 53.6 Å². The molecule has 1 N–H and O–H groups in total. The van der Waals surface area contributed by atoms with Crippen LogP contribution in [0.3, 0.4) is 0 Å². The molecule has 0 bridgehead atoms. The Bertz CT molecular complexity index is 1050. The Balaban J connectivity index is 1.97. The highest BCUT2D eigenvalue weighted by Gasteiger charge is 2.44. The van der Waals surface area contributed by atoms with Crippen LogP contribution in [0.4, 0.5) is 14.5 Å². The molecule has 2 atom stereocenters. The number of carboxylic acid groups (broad SMARTS) is 1. The topological polar surface area (TPSA) is 57.6 Å². The number of halogens is 2. The van der Waals surface area contributed by atoms with Gasteiger partial charge in [0.2, 0.25) is 0 Å².